The summed E-state index contributed by atoms with van der Waals surface area (Å²) in [6, 6.07) is 12.2. The molecule has 1 aromatic heterocycles. The van der Waals surface area contributed by atoms with Crippen LogP contribution in [-0.4, -0.2) is 23.6 Å². The second kappa shape index (κ2) is 5.44. The normalized spacial score (nSPS) is 11.0. The molecule has 0 radical (unpaired) electrons. The number of imidazole rings is 1. The number of nitrogens with two attached hydrogens (primary N) is 1. The number of fused-ring (bicyclic) bond motifs is 1. The lowest BCUT2D eigenvalue weighted by molar-refractivity contribution is 0.627. The summed E-state index contributed by atoms with van der Waals surface area (Å²) in [4.78, 5) is 9.79. The van der Waals surface area contributed by atoms with Gasteiger partial charge in [0.2, 0.25) is 0 Å². The number of benzene rings is 2. The topological polar surface area (TPSA) is 57.9 Å². The van der Waals surface area contributed by atoms with E-state index in [-0.39, 0.29) is 5.82 Å². The van der Waals surface area contributed by atoms with Crippen molar-refractivity contribution in [3.63, 3.8) is 0 Å². The Kier molecular flexibility index (Phi) is 3.48. The van der Waals surface area contributed by atoms with E-state index >= 15 is 0 Å². The summed E-state index contributed by atoms with van der Waals surface area (Å²) >= 11 is 0. The Hall–Kier alpha value is -2.56. The molecule has 0 amide bonds. The predicted molar refractivity (Wildman–Crippen MR) is 83.9 cm³/mol. The highest BCUT2D eigenvalue weighted by Gasteiger charge is 2.06. The molecule has 0 fully saturated rings. The number of aromatic nitrogens is 2. The first-order valence-corrected chi connectivity index (χ1v) is 6.82. The van der Waals surface area contributed by atoms with Gasteiger partial charge >= 0.3 is 0 Å². The number of nitrogens with one attached hydrogen (secondary N) is 1. The van der Waals surface area contributed by atoms with E-state index in [1.165, 1.54) is 12.1 Å². The summed E-state index contributed by atoms with van der Waals surface area (Å²) in [5.74, 6) is 0.678. The third kappa shape index (κ3) is 2.97. The van der Waals surface area contributed by atoms with E-state index in [0.29, 0.717) is 0 Å². The highest BCUT2D eigenvalue weighted by Crippen LogP contribution is 2.17. The quantitative estimate of drug-likeness (QED) is 0.724. The van der Waals surface area contributed by atoms with Crippen molar-refractivity contribution < 1.29 is 4.39 Å². The molecule has 0 aliphatic carbocycles. The lowest BCUT2D eigenvalue weighted by atomic mass is 10.2. The van der Waals surface area contributed by atoms with Crippen molar-refractivity contribution in [1.29, 1.82) is 0 Å². The number of hydrogen-bond acceptors (Lipinski definition) is 3. The fourth-order valence-corrected chi connectivity index (χ4v) is 2.31. The van der Waals surface area contributed by atoms with Crippen LogP contribution in [0.1, 0.15) is 5.82 Å². The van der Waals surface area contributed by atoms with Gasteiger partial charge < -0.3 is 15.6 Å². The molecule has 108 valence electrons. The summed E-state index contributed by atoms with van der Waals surface area (Å²) in [5.41, 5.74) is 9.18. The first-order chi connectivity index (χ1) is 10.1. The van der Waals surface area contributed by atoms with E-state index in [1.54, 1.807) is 6.07 Å². The molecule has 0 bridgehead atoms. The molecule has 0 saturated carbocycles. The SMILES string of the molecule is CN(CCc1nc2ccc(N)cc2[nH]1)c1cccc(F)c1. The van der Waals surface area contributed by atoms with Crippen molar-refractivity contribution in [1.82, 2.24) is 9.97 Å². The molecule has 4 nitrogen and oxygen atoms in total. The van der Waals surface area contributed by atoms with Crippen molar-refractivity contribution in [3.8, 4) is 0 Å². The van der Waals surface area contributed by atoms with Crippen LogP contribution in [0.15, 0.2) is 42.5 Å². The summed E-state index contributed by atoms with van der Waals surface area (Å²) in [6.45, 7) is 0.749. The van der Waals surface area contributed by atoms with Gasteiger partial charge in [0.05, 0.1) is 11.0 Å². The number of nitrogens with zero attached hydrogens (tertiary/aromatic N) is 2. The number of likely N-dealkylation sites (N-methyl/N-ethyl adjacent to an activating group) is 1. The monoisotopic (exact) mass is 284 g/mol. The minimum atomic E-state index is -0.224. The van der Waals surface area contributed by atoms with Crippen molar-refractivity contribution in [2.24, 2.45) is 0 Å². The average Bonchev–Trinajstić information content (AvgIpc) is 2.86. The molecule has 5 heteroatoms. The smallest absolute Gasteiger partial charge is 0.125 e. The van der Waals surface area contributed by atoms with Crippen LogP contribution in [-0.2, 0) is 6.42 Å². The fraction of sp³-hybridized carbons (Fsp3) is 0.188. The third-order valence-electron chi connectivity index (χ3n) is 3.49. The molecule has 0 unspecified atom stereocenters. The average molecular weight is 284 g/mol. The standard InChI is InChI=1S/C16H17FN4/c1-21(13-4-2-3-11(17)9-13)8-7-16-19-14-6-5-12(18)10-15(14)20-16/h2-6,9-10H,7-8,18H2,1H3,(H,19,20). The van der Waals surface area contributed by atoms with Gasteiger partial charge in [0.25, 0.3) is 0 Å². The summed E-state index contributed by atoms with van der Waals surface area (Å²) in [5, 5.41) is 0. The maximum Gasteiger partial charge on any atom is 0.125 e. The Morgan fingerprint density at radius 3 is 2.90 bits per heavy atom. The van der Waals surface area contributed by atoms with E-state index in [4.69, 9.17) is 5.73 Å². The van der Waals surface area contributed by atoms with E-state index in [1.807, 2.05) is 36.2 Å². The fourth-order valence-electron chi connectivity index (χ4n) is 2.31. The van der Waals surface area contributed by atoms with Gasteiger partial charge in [-0.25, -0.2) is 9.37 Å². The number of halogens is 1. The molecule has 0 aliphatic heterocycles. The third-order valence-corrected chi connectivity index (χ3v) is 3.49. The Morgan fingerprint density at radius 2 is 2.10 bits per heavy atom. The second-order valence-electron chi connectivity index (χ2n) is 5.11. The molecule has 2 aromatic carbocycles. The second-order valence-corrected chi connectivity index (χ2v) is 5.11. The minimum Gasteiger partial charge on any atom is -0.399 e. The first kappa shape index (κ1) is 13.4. The molecular formula is C16H17FN4. The number of H-pyrrole nitrogens is 1. The molecular weight excluding hydrogens is 267 g/mol. The Balaban J connectivity index is 1.71. The maximum atomic E-state index is 13.2. The highest BCUT2D eigenvalue weighted by molar-refractivity contribution is 5.78. The van der Waals surface area contributed by atoms with Crippen molar-refractivity contribution in [2.45, 2.75) is 6.42 Å². The minimum absolute atomic E-state index is 0.224. The Bertz CT molecular complexity index is 766. The summed E-state index contributed by atoms with van der Waals surface area (Å²) < 4.78 is 13.2. The van der Waals surface area contributed by atoms with Crippen LogP contribution < -0.4 is 10.6 Å². The molecule has 0 atom stereocenters. The highest BCUT2D eigenvalue weighted by atomic mass is 19.1. The van der Waals surface area contributed by atoms with Crippen LogP contribution in [0.25, 0.3) is 11.0 Å². The lowest BCUT2D eigenvalue weighted by Crippen LogP contribution is -2.20. The van der Waals surface area contributed by atoms with E-state index < -0.39 is 0 Å². The molecule has 3 rings (SSSR count). The van der Waals surface area contributed by atoms with Gasteiger partial charge in [-0.3, -0.25) is 0 Å². The van der Waals surface area contributed by atoms with Crippen molar-refractivity contribution in [3.05, 3.63) is 54.1 Å². The molecule has 1 heterocycles. The molecule has 3 N–H and O–H groups in total. The van der Waals surface area contributed by atoms with Gasteiger partial charge in [-0.2, -0.15) is 0 Å². The van der Waals surface area contributed by atoms with Crippen LogP contribution in [0.3, 0.4) is 0 Å². The number of hydrogen-bond donors (Lipinski definition) is 2. The Morgan fingerprint density at radius 1 is 1.24 bits per heavy atom. The van der Waals surface area contributed by atoms with Crippen molar-refractivity contribution in [2.75, 3.05) is 24.2 Å². The van der Waals surface area contributed by atoms with Crippen LogP contribution in [0.2, 0.25) is 0 Å². The number of rotatable bonds is 4. The van der Waals surface area contributed by atoms with Crippen LogP contribution in [0, 0.1) is 5.82 Å². The molecule has 3 aromatic rings. The number of nitrogen functional groups attached to an aromatic ring is 1. The van der Waals surface area contributed by atoms with Gasteiger partial charge in [-0.05, 0) is 36.4 Å². The number of anilines is 2. The lowest BCUT2D eigenvalue weighted by Gasteiger charge is -2.18. The van der Waals surface area contributed by atoms with Crippen LogP contribution in [0.5, 0.6) is 0 Å². The van der Waals surface area contributed by atoms with E-state index in [2.05, 4.69) is 9.97 Å². The molecule has 0 spiro atoms. The van der Waals surface area contributed by atoms with E-state index in [0.717, 1.165) is 41.2 Å². The number of aromatic amines is 1. The molecule has 0 aliphatic rings. The Labute approximate surface area is 122 Å². The van der Waals surface area contributed by atoms with E-state index in [9.17, 15) is 4.39 Å². The van der Waals surface area contributed by atoms with Gasteiger partial charge in [0.1, 0.15) is 11.6 Å². The van der Waals surface area contributed by atoms with Gasteiger partial charge in [0.15, 0.2) is 0 Å². The first-order valence-electron chi connectivity index (χ1n) is 6.82. The largest absolute Gasteiger partial charge is 0.399 e. The van der Waals surface area contributed by atoms with Gasteiger partial charge in [-0.1, -0.05) is 6.07 Å². The summed E-state index contributed by atoms with van der Waals surface area (Å²) in [7, 11) is 1.94. The van der Waals surface area contributed by atoms with Gasteiger partial charge in [-0.15, -0.1) is 0 Å². The molecule has 0 saturated heterocycles. The van der Waals surface area contributed by atoms with Crippen LogP contribution >= 0.6 is 0 Å². The zero-order valence-corrected chi connectivity index (χ0v) is 11.8. The van der Waals surface area contributed by atoms with Crippen LogP contribution in [0.4, 0.5) is 15.8 Å². The zero-order valence-electron chi connectivity index (χ0n) is 11.8. The predicted octanol–water partition coefficient (Wildman–Crippen LogP) is 2.96. The molecule has 21 heavy (non-hydrogen) atoms. The van der Waals surface area contributed by atoms with Gasteiger partial charge in [0, 0.05) is 31.4 Å². The zero-order chi connectivity index (χ0) is 14.8. The summed E-state index contributed by atoms with van der Waals surface area (Å²) in [6.07, 6.45) is 0.752. The maximum absolute atomic E-state index is 13.2. The van der Waals surface area contributed by atoms with Crippen molar-refractivity contribution >= 4 is 22.4 Å².